The standard InChI is InChI=1S/C16H16BrN3O3/c1-10-3-2-4-12(7-10)19-15(21)9-23-14-6-5-11(8-13(14)17)16(22)20-18/h2-8H,9,18H2,1H3,(H,19,21)(H,20,22). The lowest BCUT2D eigenvalue weighted by Crippen LogP contribution is -2.29. The van der Waals surface area contributed by atoms with E-state index in [4.69, 9.17) is 10.6 Å². The number of carbonyl (C=O) groups excluding carboxylic acids is 2. The number of carbonyl (C=O) groups is 2. The SMILES string of the molecule is Cc1cccc(NC(=O)COc2ccc(C(=O)NN)cc2Br)c1. The zero-order valence-corrected chi connectivity index (χ0v) is 14.0. The largest absolute Gasteiger partial charge is 0.483 e. The molecule has 0 saturated carbocycles. The minimum Gasteiger partial charge on any atom is -0.483 e. The van der Waals surface area contributed by atoms with Gasteiger partial charge in [0.05, 0.1) is 4.47 Å². The van der Waals surface area contributed by atoms with E-state index in [1.807, 2.05) is 30.5 Å². The average Bonchev–Trinajstić information content (AvgIpc) is 2.53. The quantitative estimate of drug-likeness (QED) is 0.423. The second kappa shape index (κ2) is 7.75. The monoisotopic (exact) mass is 377 g/mol. The fraction of sp³-hybridized carbons (Fsp3) is 0.125. The number of benzene rings is 2. The van der Waals surface area contributed by atoms with E-state index < -0.39 is 5.91 Å². The van der Waals surface area contributed by atoms with Crippen molar-refractivity contribution < 1.29 is 14.3 Å². The number of anilines is 1. The Labute approximate surface area is 142 Å². The normalized spacial score (nSPS) is 10.0. The fourth-order valence-corrected chi connectivity index (χ4v) is 2.40. The summed E-state index contributed by atoms with van der Waals surface area (Å²) in [6, 6.07) is 12.2. The van der Waals surface area contributed by atoms with Crippen LogP contribution < -0.4 is 21.3 Å². The Morgan fingerprint density at radius 1 is 1.22 bits per heavy atom. The predicted octanol–water partition coefficient (Wildman–Crippen LogP) is 2.38. The molecule has 4 N–H and O–H groups in total. The Kier molecular flexibility index (Phi) is 5.72. The number of hydrogen-bond acceptors (Lipinski definition) is 4. The summed E-state index contributed by atoms with van der Waals surface area (Å²) in [7, 11) is 0. The number of rotatable bonds is 5. The molecular formula is C16H16BrN3O3. The minimum atomic E-state index is -0.408. The molecule has 2 aromatic carbocycles. The van der Waals surface area contributed by atoms with Crippen LogP contribution in [0.2, 0.25) is 0 Å². The summed E-state index contributed by atoms with van der Waals surface area (Å²) in [5.74, 6) is 4.85. The van der Waals surface area contributed by atoms with Crippen molar-refractivity contribution in [3.8, 4) is 5.75 Å². The van der Waals surface area contributed by atoms with Crippen LogP contribution in [0, 0.1) is 6.92 Å². The first-order valence-corrected chi connectivity index (χ1v) is 7.58. The van der Waals surface area contributed by atoms with E-state index in [9.17, 15) is 9.59 Å². The molecule has 0 atom stereocenters. The minimum absolute atomic E-state index is 0.144. The molecular weight excluding hydrogens is 362 g/mol. The Hall–Kier alpha value is -2.38. The molecule has 0 aliphatic heterocycles. The first-order chi connectivity index (χ1) is 11.0. The third-order valence-corrected chi connectivity index (χ3v) is 3.61. The van der Waals surface area contributed by atoms with E-state index in [1.165, 1.54) is 0 Å². The molecule has 0 aliphatic rings. The number of hydrazine groups is 1. The van der Waals surface area contributed by atoms with Crippen molar-refractivity contribution in [2.75, 3.05) is 11.9 Å². The number of hydrogen-bond donors (Lipinski definition) is 3. The van der Waals surface area contributed by atoms with Crippen LogP contribution in [0.4, 0.5) is 5.69 Å². The lowest BCUT2D eigenvalue weighted by Gasteiger charge is -2.10. The number of nitrogens with two attached hydrogens (primary N) is 1. The van der Waals surface area contributed by atoms with Gasteiger partial charge < -0.3 is 10.1 Å². The fourth-order valence-electron chi connectivity index (χ4n) is 1.91. The number of halogens is 1. The van der Waals surface area contributed by atoms with Gasteiger partial charge in [-0.2, -0.15) is 0 Å². The average molecular weight is 378 g/mol. The summed E-state index contributed by atoms with van der Waals surface area (Å²) in [5.41, 5.74) is 4.20. The maximum absolute atomic E-state index is 11.9. The van der Waals surface area contributed by atoms with Crippen LogP contribution in [-0.4, -0.2) is 18.4 Å². The van der Waals surface area contributed by atoms with Gasteiger partial charge >= 0.3 is 0 Å². The smallest absolute Gasteiger partial charge is 0.265 e. The highest BCUT2D eigenvalue weighted by Crippen LogP contribution is 2.26. The zero-order chi connectivity index (χ0) is 16.8. The highest BCUT2D eigenvalue weighted by Gasteiger charge is 2.10. The van der Waals surface area contributed by atoms with Crippen LogP contribution >= 0.6 is 15.9 Å². The highest BCUT2D eigenvalue weighted by atomic mass is 79.9. The van der Waals surface area contributed by atoms with Gasteiger partial charge in [-0.25, -0.2) is 5.84 Å². The third-order valence-electron chi connectivity index (χ3n) is 2.99. The number of aryl methyl sites for hydroxylation is 1. The molecule has 120 valence electrons. The molecule has 0 unspecified atom stereocenters. The van der Waals surface area contributed by atoms with Crippen LogP contribution in [0.25, 0.3) is 0 Å². The second-order valence-corrected chi connectivity index (χ2v) is 5.68. The molecule has 2 aromatic rings. The van der Waals surface area contributed by atoms with E-state index in [2.05, 4.69) is 21.2 Å². The highest BCUT2D eigenvalue weighted by molar-refractivity contribution is 9.10. The number of nitrogen functional groups attached to an aromatic ring is 1. The summed E-state index contributed by atoms with van der Waals surface area (Å²) in [4.78, 5) is 23.3. The van der Waals surface area contributed by atoms with Gasteiger partial charge in [0.15, 0.2) is 6.61 Å². The van der Waals surface area contributed by atoms with Crippen molar-refractivity contribution in [1.82, 2.24) is 5.43 Å². The van der Waals surface area contributed by atoms with Crippen molar-refractivity contribution in [3.05, 3.63) is 58.1 Å². The summed E-state index contributed by atoms with van der Waals surface area (Å²) in [5, 5.41) is 2.75. The van der Waals surface area contributed by atoms with Gasteiger partial charge in [-0.1, -0.05) is 12.1 Å². The Balaban J connectivity index is 1.95. The van der Waals surface area contributed by atoms with Gasteiger partial charge in [-0.15, -0.1) is 0 Å². The molecule has 0 saturated heterocycles. The van der Waals surface area contributed by atoms with Crippen LogP contribution in [0.15, 0.2) is 46.9 Å². The van der Waals surface area contributed by atoms with Crippen LogP contribution in [0.3, 0.4) is 0 Å². The van der Waals surface area contributed by atoms with E-state index >= 15 is 0 Å². The molecule has 0 aromatic heterocycles. The molecule has 6 nitrogen and oxygen atoms in total. The topological polar surface area (TPSA) is 93.4 Å². The summed E-state index contributed by atoms with van der Waals surface area (Å²) in [6.07, 6.45) is 0. The number of ether oxygens (including phenoxy) is 1. The van der Waals surface area contributed by atoms with Crippen molar-refractivity contribution in [3.63, 3.8) is 0 Å². The van der Waals surface area contributed by atoms with E-state index in [0.717, 1.165) is 5.56 Å². The first-order valence-electron chi connectivity index (χ1n) is 6.79. The van der Waals surface area contributed by atoms with Crippen molar-refractivity contribution >= 4 is 33.4 Å². The molecule has 0 spiro atoms. The second-order valence-electron chi connectivity index (χ2n) is 4.82. The van der Waals surface area contributed by atoms with Crippen LogP contribution in [-0.2, 0) is 4.79 Å². The Morgan fingerprint density at radius 2 is 2.00 bits per heavy atom. The molecule has 23 heavy (non-hydrogen) atoms. The van der Waals surface area contributed by atoms with Gasteiger partial charge in [0.1, 0.15) is 5.75 Å². The van der Waals surface area contributed by atoms with Gasteiger partial charge in [0.2, 0.25) is 0 Å². The Bertz CT molecular complexity index is 734. The summed E-state index contributed by atoms with van der Waals surface area (Å²) < 4.78 is 6.00. The van der Waals surface area contributed by atoms with Crippen LogP contribution in [0.5, 0.6) is 5.75 Å². The van der Waals surface area contributed by atoms with Crippen molar-refractivity contribution in [1.29, 1.82) is 0 Å². The van der Waals surface area contributed by atoms with E-state index in [-0.39, 0.29) is 12.5 Å². The van der Waals surface area contributed by atoms with E-state index in [1.54, 1.807) is 24.3 Å². The summed E-state index contributed by atoms with van der Waals surface area (Å²) in [6.45, 7) is 1.80. The lowest BCUT2D eigenvalue weighted by atomic mass is 10.2. The van der Waals surface area contributed by atoms with Crippen molar-refractivity contribution in [2.24, 2.45) is 5.84 Å². The Morgan fingerprint density at radius 3 is 2.65 bits per heavy atom. The van der Waals surface area contributed by atoms with Gasteiger partial charge in [0, 0.05) is 11.3 Å². The van der Waals surface area contributed by atoms with Crippen LogP contribution in [0.1, 0.15) is 15.9 Å². The molecule has 2 amide bonds. The van der Waals surface area contributed by atoms with Crippen molar-refractivity contribution in [2.45, 2.75) is 6.92 Å². The zero-order valence-electron chi connectivity index (χ0n) is 12.4. The molecule has 0 aliphatic carbocycles. The maximum atomic E-state index is 11.9. The maximum Gasteiger partial charge on any atom is 0.265 e. The van der Waals surface area contributed by atoms with Gasteiger partial charge in [-0.05, 0) is 58.7 Å². The molecule has 0 heterocycles. The summed E-state index contributed by atoms with van der Waals surface area (Å²) >= 11 is 3.29. The predicted molar refractivity (Wildman–Crippen MR) is 91.1 cm³/mol. The third kappa shape index (κ3) is 4.80. The molecule has 0 bridgehead atoms. The van der Waals surface area contributed by atoms with Gasteiger partial charge in [-0.3, -0.25) is 15.0 Å². The first kappa shape index (κ1) is 17.0. The molecule has 0 fully saturated rings. The van der Waals surface area contributed by atoms with E-state index in [0.29, 0.717) is 21.5 Å². The molecule has 2 rings (SSSR count). The van der Waals surface area contributed by atoms with Gasteiger partial charge in [0.25, 0.3) is 11.8 Å². The number of amides is 2. The molecule has 0 radical (unpaired) electrons. The molecule has 7 heteroatoms. The lowest BCUT2D eigenvalue weighted by molar-refractivity contribution is -0.118. The number of nitrogens with one attached hydrogen (secondary N) is 2.